The highest BCUT2D eigenvalue weighted by molar-refractivity contribution is 5.86. The van der Waals surface area contributed by atoms with Gasteiger partial charge in [-0.1, -0.05) is 18.2 Å². The van der Waals surface area contributed by atoms with Gasteiger partial charge in [-0.2, -0.15) is 4.98 Å². The van der Waals surface area contributed by atoms with E-state index in [2.05, 4.69) is 20.2 Å². The predicted octanol–water partition coefficient (Wildman–Crippen LogP) is 3.22. The molecule has 1 aromatic carbocycles. The van der Waals surface area contributed by atoms with Crippen molar-refractivity contribution in [2.75, 3.05) is 36.5 Å². The maximum atomic E-state index is 10.8. The molecular weight excluding hydrogens is 382 g/mol. The zero-order valence-electron chi connectivity index (χ0n) is 16.2. The molecule has 0 amide bonds. The van der Waals surface area contributed by atoms with E-state index in [0.717, 1.165) is 41.8 Å². The summed E-state index contributed by atoms with van der Waals surface area (Å²) >= 11 is 0. The smallest absolute Gasteiger partial charge is 0.328 e. The maximum Gasteiger partial charge on any atom is 0.328 e. The van der Waals surface area contributed by atoms with E-state index in [9.17, 15) is 4.79 Å². The minimum absolute atomic E-state index is 0.501. The number of hydrogen-bond donors (Lipinski definition) is 2. The molecule has 1 saturated heterocycles. The first-order valence-electron chi connectivity index (χ1n) is 9.57. The fourth-order valence-electron chi connectivity index (χ4n) is 3.17. The van der Waals surface area contributed by atoms with E-state index in [-0.39, 0.29) is 0 Å². The van der Waals surface area contributed by atoms with Crippen molar-refractivity contribution in [1.82, 2.24) is 15.0 Å². The largest absolute Gasteiger partial charge is 0.478 e. The summed E-state index contributed by atoms with van der Waals surface area (Å²) in [7, 11) is 0. The Morgan fingerprint density at radius 2 is 1.93 bits per heavy atom. The minimum Gasteiger partial charge on any atom is -0.478 e. The second kappa shape index (κ2) is 9.15. The summed E-state index contributed by atoms with van der Waals surface area (Å²) in [5.41, 5.74) is 3.24. The number of ether oxygens (including phenoxy) is 1. The lowest BCUT2D eigenvalue weighted by molar-refractivity contribution is -0.131. The monoisotopic (exact) mass is 403 g/mol. The first kappa shape index (κ1) is 19.5. The van der Waals surface area contributed by atoms with Gasteiger partial charge in [0.25, 0.3) is 0 Å². The summed E-state index contributed by atoms with van der Waals surface area (Å²) in [6.45, 7) is 2.71. The average molecular weight is 403 g/mol. The molecule has 0 atom stereocenters. The molecule has 8 heteroatoms. The number of carbonyl (C=O) groups is 1. The van der Waals surface area contributed by atoms with Crippen molar-refractivity contribution in [3.63, 3.8) is 0 Å². The number of morpholine rings is 1. The lowest BCUT2D eigenvalue weighted by atomic mass is 10.1. The van der Waals surface area contributed by atoms with E-state index in [1.165, 1.54) is 6.08 Å². The van der Waals surface area contributed by atoms with Crippen molar-refractivity contribution in [2.45, 2.75) is 0 Å². The van der Waals surface area contributed by atoms with Gasteiger partial charge in [0.05, 0.1) is 13.2 Å². The highest BCUT2D eigenvalue weighted by Crippen LogP contribution is 2.31. The molecule has 8 nitrogen and oxygen atoms in total. The van der Waals surface area contributed by atoms with Crippen LogP contribution in [0.5, 0.6) is 0 Å². The van der Waals surface area contributed by atoms with Crippen LogP contribution in [0, 0.1) is 0 Å². The number of aliphatic carboxylic acids is 1. The lowest BCUT2D eigenvalue weighted by Gasteiger charge is -2.29. The van der Waals surface area contributed by atoms with Crippen LogP contribution in [-0.2, 0) is 9.53 Å². The van der Waals surface area contributed by atoms with Crippen molar-refractivity contribution in [1.29, 1.82) is 0 Å². The minimum atomic E-state index is -1.01. The first-order valence-corrected chi connectivity index (χ1v) is 9.57. The van der Waals surface area contributed by atoms with Crippen LogP contribution in [0.25, 0.3) is 17.2 Å². The van der Waals surface area contributed by atoms with Gasteiger partial charge in [0.15, 0.2) is 0 Å². The number of anilines is 3. The third-order valence-corrected chi connectivity index (χ3v) is 4.60. The maximum absolute atomic E-state index is 10.8. The van der Waals surface area contributed by atoms with Gasteiger partial charge in [-0.3, -0.25) is 4.98 Å². The number of carboxylic acids is 1. The van der Waals surface area contributed by atoms with E-state index in [1.807, 2.05) is 36.4 Å². The summed E-state index contributed by atoms with van der Waals surface area (Å²) < 4.78 is 5.49. The number of aromatic nitrogens is 3. The van der Waals surface area contributed by atoms with Gasteiger partial charge in [-0.05, 0) is 29.8 Å². The van der Waals surface area contributed by atoms with Gasteiger partial charge in [0.2, 0.25) is 5.95 Å². The molecule has 0 aliphatic carbocycles. The quantitative estimate of drug-likeness (QED) is 0.605. The Morgan fingerprint density at radius 3 is 2.70 bits per heavy atom. The third-order valence-electron chi connectivity index (χ3n) is 4.60. The van der Waals surface area contributed by atoms with Crippen LogP contribution in [0.2, 0.25) is 0 Å². The zero-order valence-corrected chi connectivity index (χ0v) is 16.2. The van der Waals surface area contributed by atoms with Gasteiger partial charge in [-0.15, -0.1) is 0 Å². The van der Waals surface area contributed by atoms with Gasteiger partial charge < -0.3 is 20.1 Å². The number of pyridine rings is 1. The van der Waals surface area contributed by atoms with Crippen molar-refractivity contribution in [3.05, 3.63) is 66.6 Å². The summed E-state index contributed by atoms with van der Waals surface area (Å²) in [6, 6.07) is 11.6. The molecule has 3 heterocycles. The van der Waals surface area contributed by atoms with Crippen LogP contribution in [0.1, 0.15) is 5.56 Å². The molecule has 4 rings (SSSR count). The Labute approximate surface area is 173 Å². The molecule has 2 N–H and O–H groups in total. The number of para-hydroxylation sites is 1. The van der Waals surface area contributed by atoms with E-state index in [1.54, 1.807) is 18.6 Å². The number of benzene rings is 1. The van der Waals surface area contributed by atoms with E-state index < -0.39 is 5.97 Å². The summed E-state index contributed by atoms with van der Waals surface area (Å²) in [6.07, 6.45) is 7.71. The number of rotatable bonds is 6. The average Bonchev–Trinajstić information content (AvgIpc) is 2.79. The van der Waals surface area contributed by atoms with Crippen LogP contribution in [0.4, 0.5) is 17.5 Å². The van der Waals surface area contributed by atoms with Gasteiger partial charge in [-0.25, -0.2) is 9.78 Å². The molecule has 0 saturated carbocycles. The molecule has 0 bridgehead atoms. The van der Waals surface area contributed by atoms with Crippen LogP contribution in [-0.4, -0.2) is 52.3 Å². The normalized spacial score (nSPS) is 14.1. The van der Waals surface area contributed by atoms with E-state index in [4.69, 9.17) is 14.8 Å². The van der Waals surface area contributed by atoms with E-state index in [0.29, 0.717) is 24.7 Å². The number of nitrogens with one attached hydrogen (secondary N) is 1. The Bertz CT molecular complexity index is 1050. The van der Waals surface area contributed by atoms with E-state index >= 15 is 0 Å². The third kappa shape index (κ3) is 4.79. The van der Waals surface area contributed by atoms with Crippen molar-refractivity contribution >= 4 is 29.5 Å². The Hall–Kier alpha value is -3.78. The predicted molar refractivity (Wildman–Crippen MR) is 115 cm³/mol. The highest BCUT2D eigenvalue weighted by atomic mass is 16.5. The molecule has 2 aromatic heterocycles. The second-order valence-corrected chi connectivity index (χ2v) is 6.70. The van der Waals surface area contributed by atoms with Gasteiger partial charge in [0, 0.05) is 54.6 Å². The molecule has 1 aliphatic rings. The highest BCUT2D eigenvalue weighted by Gasteiger charge is 2.19. The molecule has 152 valence electrons. The summed E-state index contributed by atoms with van der Waals surface area (Å²) in [5.74, 6) is 0.281. The molecule has 30 heavy (non-hydrogen) atoms. The number of hydrogen-bond acceptors (Lipinski definition) is 7. The Kier molecular flexibility index (Phi) is 5.95. The standard InChI is InChI=1S/C22H21N5O3/c28-20(29)7-6-16-12-17(14-23-13-16)19-15-24-22(25-18-4-2-1-3-5-18)26-21(19)27-8-10-30-11-9-27/h1-7,12-15H,8-11H2,(H,28,29)(H,24,25,26)/b7-6+. The number of carboxylic acid groups (broad SMARTS) is 1. The Morgan fingerprint density at radius 1 is 1.13 bits per heavy atom. The van der Waals surface area contributed by atoms with Crippen LogP contribution < -0.4 is 10.2 Å². The fraction of sp³-hybridized carbons (Fsp3) is 0.182. The van der Waals surface area contributed by atoms with Gasteiger partial charge in [0.1, 0.15) is 5.82 Å². The molecule has 0 unspecified atom stereocenters. The fourth-order valence-corrected chi connectivity index (χ4v) is 3.17. The molecule has 0 spiro atoms. The molecule has 1 fully saturated rings. The molecule has 0 radical (unpaired) electrons. The molecular formula is C22H21N5O3. The van der Waals surface area contributed by atoms with Gasteiger partial charge >= 0.3 is 5.97 Å². The lowest BCUT2D eigenvalue weighted by Crippen LogP contribution is -2.37. The molecule has 3 aromatic rings. The SMILES string of the molecule is O=C(O)/C=C/c1cncc(-c2cnc(Nc3ccccc3)nc2N2CCOCC2)c1. The van der Waals surface area contributed by atoms with Crippen LogP contribution >= 0.6 is 0 Å². The topological polar surface area (TPSA) is 100 Å². The zero-order chi connectivity index (χ0) is 20.8. The number of nitrogens with zero attached hydrogens (tertiary/aromatic N) is 4. The second-order valence-electron chi connectivity index (χ2n) is 6.70. The first-order chi connectivity index (χ1) is 14.7. The molecule has 1 aliphatic heterocycles. The van der Waals surface area contributed by atoms with Crippen LogP contribution in [0.3, 0.4) is 0 Å². The van der Waals surface area contributed by atoms with Crippen molar-refractivity contribution in [3.8, 4) is 11.1 Å². The van der Waals surface area contributed by atoms with Crippen molar-refractivity contribution < 1.29 is 14.6 Å². The summed E-state index contributed by atoms with van der Waals surface area (Å²) in [5, 5.41) is 12.1. The van der Waals surface area contributed by atoms with Crippen molar-refractivity contribution in [2.24, 2.45) is 0 Å². The Balaban J connectivity index is 1.71. The van der Waals surface area contributed by atoms with Crippen LogP contribution in [0.15, 0.2) is 61.1 Å². The summed E-state index contributed by atoms with van der Waals surface area (Å²) in [4.78, 5) is 26.5.